The van der Waals surface area contributed by atoms with Crippen LogP contribution in [0.5, 0.6) is 0 Å². The molecule has 0 aliphatic heterocycles. The van der Waals surface area contributed by atoms with Gasteiger partial charge in [0.05, 0.1) is 4.92 Å². The van der Waals surface area contributed by atoms with Gasteiger partial charge in [-0.25, -0.2) is 9.97 Å². The Morgan fingerprint density at radius 3 is 2.60 bits per heavy atom. The van der Waals surface area contributed by atoms with Crippen molar-refractivity contribution >= 4 is 11.5 Å². The Labute approximate surface area is 117 Å². The average molecular weight is 272 g/mol. The van der Waals surface area contributed by atoms with Crippen LogP contribution >= 0.6 is 0 Å². The first-order valence-electron chi connectivity index (χ1n) is 6.33. The van der Waals surface area contributed by atoms with Gasteiger partial charge in [0.1, 0.15) is 5.82 Å². The number of rotatable bonds is 4. The molecule has 0 fully saturated rings. The van der Waals surface area contributed by atoms with Gasteiger partial charge in [0.25, 0.3) is 5.69 Å². The zero-order valence-electron chi connectivity index (χ0n) is 11.6. The molecule has 0 atom stereocenters. The molecule has 0 bridgehead atoms. The van der Waals surface area contributed by atoms with Crippen LogP contribution in [0.15, 0.2) is 30.3 Å². The van der Waals surface area contributed by atoms with Gasteiger partial charge in [-0.3, -0.25) is 10.1 Å². The number of benzene rings is 1. The van der Waals surface area contributed by atoms with Gasteiger partial charge in [-0.05, 0) is 5.92 Å². The second-order valence-corrected chi connectivity index (χ2v) is 4.71. The third-order valence-corrected chi connectivity index (χ3v) is 2.91. The number of hydrogen-bond donors (Lipinski definition) is 1. The van der Waals surface area contributed by atoms with Gasteiger partial charge in [0.2, 0.25) is 0 Å². The normalized spacial score (nSPS) is 10.6. The molecule has 104 valence electrons. The van der Waals surface area contributed by atoms with Crippen LogP contribution < -0.4 is 5.32 Å². The van der Waals surface area contributed by atoms with E-state index in [1.807, 2.05) is 19.9 Å². The first kappa shape index (κ1) is 13.9. The minimum atomic E-state index is -0.422. The molecule has 0 spiro atoms. The third kappa shape index (κ3) is 2.90. The highest BCUT2D eigenvalue weighted by Gasteiger charge is 2.12. The summed E-state index contributed by atoms with van der Waals surface area (Å²) in [6, 6.07) is 8.23. The van der Waals surface area contributed by atoms with Crippen LogP contribution in [0.4, 0.5) is 11.5 Å². The maximum Gasteiger partial charge on any atom is 0.270 e. The molecule has 20 heavy (non-hydrogen) atoms. The maximum atomic E-state index is 10.8. The monoisotopic (exact) mass is 272 g/mol. The van der Waals surface area contributed by atoms with Crippen molar-refractivity contribution in [2.45, 2.75) is 19.8 Å². The second kappa shape index (κ2) is 5.64. The van der Waals surface area contributed by atoms with Gasteiger partial charge in [0, 0.05) is 36.5 Å². The molecule has 6 heteroatoms. The fraction of sp³-hybridized carbons (Fsp3) is 0.286. The Hall–Kier alpha value is -2.50. The van der Waals surface area contributed by atoms with E-state index in [1.165, 1.54) is 12.1 Å². The van der Waals surface area contributed by atoms with Crippen molar-refractivity contribution in [2.24, 2.45) is 0 Å². The van der Waals surface area contributed by atoms with Gasteiger partial charge in [-0.2, -0.15) is 0 Å². The molecule has 2 aromatic rings. The molecular formula is C14H16N4O2. The topological polar surface area (TPSA) is 81.0 Å². The van der Waals surface area contributed by atoms with Crippen LogP contribution in [0.1, 0.15) is 25.5 Å². The van der Waals surface area contributed by atoms with E-state index in [-0.39, 0.29) is 11.6 Å². The summed E-state index contributed by atoms with van der Waals surface area (Å²) in [6.07, 6.45) is 0. The summed E-state index contributed by atoms with van der Waals surface area (Å²) < 4.78 is 0. The molecule has 6 nitrogen and oxygen atoms in total. The SMILES string of the molecule is CNc1cc(C(C)C)nc(-c2cccc([N+](=O)[O-])c2)n1. The second-order valence-electron chi connectivity index (χ2n) is 4.71. The lowest BCUT2D eigenvalue weighted by Crippen LogP contribution is -2.02. The Kier molecular flexibility index (Phi) is 3.93. The molecule has 0 saturated heterocycles. The zero-order chi connectivity index (χ0) is 14.7. The standard InChI is InChI=1S/C14H16N4O2/c1-9(2)12-8-13(15-3)17-14(16-12)10-5-4-6-11(7-10)18(19)20/h4-9H,1-3H3,(H,15,16,17). The number of aromatic nitrogens is 2. The minimum absolute atomic E-state index is 0.0343. The molecule has 0 radical (unpaired) electrons. The van der Waals surface area contributed by atoms with Crippen molar-refractivity contribution in [2.75, 3.05) is 12.4 Å². The predicted molar refractivity (Wildman–Crippen MR) is 77.8 cm³/mol. The van der Waals surface area contributed by atoms with Gasteiger partial charge in [-0.1, -0.05) is 26.0 Å². The number of nitro groups is 1. The Morgan fingerprint density at radius 1 is 1.25 bits per heavy atom. The average Bonchev–Trinajstić information content (AvgIpc) is 2.46. The number of nitrogens with zero attached hydrogens (tertiary/aromatic N) is 3. The molecular weight excluding hydrogens is 256 g/mol. The van der Waals surface area contributed by atoms with Crippen LogP contribution in [0.3, 0.4) is 0 Å². The maximum absolute atomic E-state index is 10.8. The molecule has 0 unspecified atom stereocenters. The van der Waals surface area contributed by atoms with E-state index < -0.39 is 4.92 Å². The highest BCUT2D eigenvalue weighted by Crippen LogP contribution is 2.24. The van der Waals surface area contributed by atoms with Gasteiger partial charge in [-0.15, -0.1) is 0 Å². The molecule has 0 amide bonds. The predicted octanol–water partition coefficient (Wildman–Crippen LogP) is 3.22. The highest BCUT2D eigenvalue weighted by atomic mass is 16.6. The quantitative estimate of drug-likeness (QED) is 0.682. The van der Waals surface area contributed by atoms with E-state index >= 15 is 0 Å². The smallest absolute Gasteiger partial charge is 0.270 e. The summed E-state index contributed by atoms with van der Waals surface area (Å²) in [6.45, 7) is 4.08. The Morgan fingerprint density at radius 2 is 2.00 bits per heavy atom. The number of anilines is 1. The molecule has 1 N–H and O–H groups in total. The van der Waals surface area contributed by atoms with Crippen LogP contribution in [-0.2, 0) is 0 Å². The zero-order valence-corrected chi connectivity index (χ0v) is 11.6. The van der Waals surface area contributed by atoms with Crippen molar-refractivity contribution < 1.29 is 4.92 Å². The molecule has 1 heterocycles. The molecule has 2 rings (SSSR count). The van der Waals surface area contributed by atoms with Crippen molar-refractivity contribution in [3.63, 3.8) is 0 Å². The van der Waals surface area contributed by atoms with Crippen LogP contribution in [0.25, 0.3) is 11.4 Å². The lowest BCUT2D eigenvalue weighted by Gasteiger charge is -2.10. The number of nitrogens with one attached hydrogen (secondary N) is 1. The highest BCUT2D eigenvalue weighted by molar-refractivity contribution is 5.61. The third-order valence-electron chi connectivity index (χ3n) is 2.91. The number of hydrogen-bond acceptors (Lipinski definition) is 5. The lowest BCUT2D eigenvalue weighted by molar-refractivity contribution is -0.384. The van der Waals surface area contributed by atoms with E-state index in [2.05, 4.69) is 15.3 Å². The molecule has 0 aliphatic carbocycles. The minimum Gasteiger partial charge on any atom is -0.373 e. The van der Waals surface area contributed by atoms with Gasteiger partial charge < -0.3 is 5.32 Å². The summed E-state index contributed by atoms with van der Waals surface area (Å²) >= 11 is 0. The van der Waals surface area contributed by atoms with E-state index in [0.29, 0.717) is 17.2 Å². The van der Waals surface area contributed by atoms with E-state index in [1.54, 1.807) is 19.2 Å². The van der Waals surface area contributed by atoms with E-state index in [4.69, 9.17) is 0 Å². The Bertz CT molecular complexity index is 641. The lowest BCUT2D eigenvalue weighted by atomic mass is 10.1. The summed E-state index contributed by atoms with van der Waals surface area (Å²) in [5.74, 6) is 1.44. The first-order valence-corrected chi connectivity index (χ1v) is 6.33. The summed E-state index contributed by atoms with van der Waals surface area (Å²) in [5.41, 5.74) is 1.57. The van der Waals surface area contributed by atoms with Crippen molar-refractivity contribution in [3.05, 3.63) is 46.1 Å². The van der Waals surface area contributed by atoms with Crippen molar-refractivity contribution in [1.82, 2.24) is 9.97 Å². The van der Waals surface area contributed by atoms with Gasteiger partial charge in [0.15, 0.2) is 5.82 Å². The molecule has 1 aromatic carbocycles. The van der Waals surface area contributed by atoms with Crippen LogP contribution in [-0.4, -0.2) is 21.9 Å². The van der Waals surface area contributed by atoms with Crippen LogP contribution in [0.2, 0.25) is 0 Å². The summed E-state index contributed by atoms with van der Waals surface area (Å²) in [5, 5.41) is 13.8. The Balaban J connectivity index is 2.53. The summed E-state index contributed by atoms with van der Waals surface area (Å²) in [7, 11) is 1.78. The van der Waals surface area contributed by atoms with E-state index in [0.717, 1.165) is 5.69 Å². The first-order chi connectivity index (χ1) is 9.51. The fourth-order valence-corrected chi connectivity index (χ4v) is 1.78. The summed E-state index contributed by atoms with van der Waals surface area (Å²) in [4.78, 5) is 19.3. The van der Waals surface area contributed by atoms with E-state index in [9.17, 15) is 10.1 Å². The van der Waals surface area contributed by atoms with Gasteiger partial charge >= 0.3 is 0 Å². The fourth-order valence-electron chi connectivity index (χ4n) is 1.78. The molecule has 0 aliphatic rings. The molecule has 0 saturated carbocycles. The molecule has 1 aromatic heterocycles. The number of nitro benzene ring substituents is 1. The number of non-ortho nitro benzene ring substituents is 1. The largest absolute Gasteiger partial charge is 0.373 e. The van der Waals surface area contributed by atoms with Crippen molar-refractivity contribution in [3.8, 4) is 11.4 Å². The van der Waals surface area contributed by atoms with Crippen LogP contribution in [0, 0.1) is 10.1 Å². The van der Waals surface area contributed by atoms with Crippen molar-refractivity contribution in [1.29, 1.82) is 0 Å².